The number of methoxy groups -OCH3 is 1. The zero-order valence-electron chi connectivity index (χ0n) is 18.4. The molecule has 0 saturated carbocycles. The summed E-state index contributed by atoms with van der Waals surface area (Å²) in [5.74, 6) is 1.50. The number of nitrogens with zero attached hydrogens (tertiary/aromatic N) is 2. The van der Waals surface area contributed by atoms with E-state index in [9.17, 15) is 4.39 Å². The maximum atomic E-state index is 14.1. The lowest BCUT2D eigenvalue weighted by Gasteiger charge is -2.26. The minimum absolute atomic E-state index is 0.116. The van der Waals surface area contributed by atoms with Gasteiger partial charge in [0.2, 0.25) is 0 Å². The van der Waals surface area contributed by atoms with Crippen molar-refractivity contribution in [2.75, 3.05) is 53.0 Å². The van der Waals surface area contributed by atoms with Crippen LogP contribution in [0, 0.1) is 5.82 Å². The second-order valence-corrected chi connectivity index (χ2v) is 7.55. The van der Waals surface area contributed by atoms with Gasteiger partial charge in [-0.3, -0.25) is 9.89 Å². The van der Waals surface area contributed by atoms with E-state index in [2.05, 4.69) is 15.5 Å². The number of nitrogens with one attached hydrogen (secondary N) is 2. The molecule has 2 heterocycles. The minimum Gasteiger partial charge on any atom is -0.494 e. The van der Waals surface area contributed by atoms with Crippen molar-refractivity contribution in [3.63, 3.8) is 0 Å². The fraction of sp³-hybridized carbons (Fsp3) is 0.522. The third-order valence-corrected chi connectivity index (χ3v) is 5.28. The first-order valence-corrected chi connectivity index (χ1v) is 10.9. The van der Waals surface area contributed by atoms with Crippen LogP contribution >= 0.6 is 0 Å². The Labute approximate surface area is 183 Å². The van der Waals surface area contributed by atoms with Crippen LogP contribution < -0.4 is 15.4 Å². The van der Waals surface area contributed by atoms with E-state index in [1.165, 1.54) is 13.2 Å². The second-order valence-electron chi connectivity index (χ2n) is 7.55. The van der Waals surface area contributed by atoms with E-state index in [4.69, 9.17) is 18.9 Å². The Hall–Kier alpha value is -2.58. The molecule has 1 aliphatic heterocycles. The summed E-state index contributed by atoms with van der Waals surface area (Å²) in [6.45, 7) is 7.96. The predicted molar refractivity (Wildman–Crippen MR) is 119 cm³/mol. The highest BCUT2D eigenvalue weighted by atomic mass is 19.1. The van der Waals surface area contributed by atoms with Crippen molar-refractivity contribution in [1.29, 1.82) is 0 Å². The van der Waals surface area contributed by atoms with E-state index in [0.717, 1.165) is 57.0 Å². The van der Waals surface area contributed by atoms with Crippen LogP contribution in [0.15, 0.2) is 46.0 Å². The van der Waals surface area contributed by atoms with Gasteiger partial charge in [-0.25, -0.2) is 4.39 Å². The second kappa shape index (κ2) is 12.3. The largest absolute Gasteiger partial charge is 0.494 e. The number of hydrogen-bond donors (Lipinski definition) is 2. The van der Waals surface area contributed by atoms with Gasteiger partial charge < -0.3 is 24.5 Å². The molecule has 0 spiro atoms. The van der Waals surface area contributed by atoms with Crippen molar-refractivity contribution in [3.8, 4) is 5.75 Å². The number of furan rings is 1. The van der Waals surface area contributed by atoms with Crippen LogP contribution in [0.1, 0.15) is 30.7 Å². The van der Waals surface area contributed by atoms with Gasteiger partial charge in [-0.2, -0.15) is 0 Å². The molecule has 170 valence electrons. The number of hydrogen-bond acceptors (Lipinski definition) is 5. The Kier molecular flexibility index (Phi) is 9.17. The zero-order valence-corrected chi connectivity index (χ0v) is 18.4. The molecule has 0 aliphatic carbocycles. The monoisotopic (exact) mass is 432 g/mol. The van der Waals surface area contributed by atoms with Crippen LogP contribution in [-0.4, -0.2) is 63.9 Å². The third kappa shape index (κ3) is 7.56. The molecule has 1 fully saturated rings. The summed E-state index contributed by atoms with van der Waals surface area (Å²) in [6.07, 6.45) is 3.40. The summed E-state index contributed by atoms with van der Waals surface area (Å²) in [7, 11) is 1.46. The molecule has 1 unspecified atom stereocenters. The van der Waals surface area contributed by atoms with Crippen LogP contribution in [-0.2, 0) is 11.2 Å². The molecule has 0 amide bonds. The summed E-state index contributed by atoms with van der Waals surface area (Å²) in [5.41, 5.74) is 0.826. The highest BCUT2D eigenvalue weighted by Gasteiger charge is 2.12. The molecule has 1 aliphatic rings. The Morgan fingerprint density at radius 2 is 2.13 bits per heavy atom. The average molecular weight is 433 g/mol. The molecule has 2 aromatic rings. The van der Waals surface area contributed by atoms with Crippen LogP contribution in [0.4, 0.5) is 4.39 Å². The zero-order chi connectivity index (χ0) is 21.9. The summed E-state index contributed by atoms with van der Waals surface area (Å²) < 4.78 is 29.9. The molecule has 31 heavy (non-hydrogen) atoms. The van der Waals surface area contributed by atoms with Gasteiger partial charge in [0.05, 0.1) is 32.6 Å². The third-order valence-electron chi connectivity index (χ3n) is 5.28. The number of morpholine rings is 1. The fourth-order valence-electron chi connectivity index (χ4n) is 3.46. The molecule has 8 heteroatoms. The number of guanidine groups is 1. The maximum absolute atomic E-state index is 14.1. The molecule has 1 aromatic heterocycles. The lowest BCUT2D eigenvalue weighted by Crippen LogP contribution is -2.40. The van der Waals surface area contributed by atoms with Gasteiger partial charge in [0.1, 0.15) is 5.76 Å². The van der Waals surface area contributed by atoms with Gasteiger partial charge in [0, 0.05) is 39.1 Å². The number of halogens is 1. The van der Waals surface area contributed by atoms with E-state index in [1.54, 1.807) is 12.3 Å². The molecule has 7 nitrogen and oxygen atoms in total. The predicted octanol–water partition coefficient (Wildman–Crippen LogP) is 2.99. The first-order valence-electron chi connectivity index (χ1n) is 10.9. The Morgan fingerprint density at radius 3 is 2.84 bits per heavy atom. The van der Waals surface area contributed by atoms with Crippen molar-refractivity contribution >= 4 is 5.96 Å². The van der Waals surface area contributed by atoms with E-state index in [1.807, 2.05) is 25.1 Å². The topological polar surface area (TPSA) is 71.3 Å². The van der Waals surface area contributed by atoms with Crippen molar-refractivity contribution in [3.05, 3.63) is 53.7 Å². The van der Waals surface area contributed by atoms with Crippen molar-refractivity contribution in [1.82, 2.24) is 15.5 Å². The lowest BCUT2D eigenvalue weighted by atomic mass is 10.1. The average Bonchev–Trinajstić information content (AvgIpc) is 3.30. The molecule has 3 rings (SSSR count). The summed E-state index contributed by atoms with van der Waals surface area (Å²) in [5, 5.41) is 6.74. The van der Waals surface area contributed by atoms with E-state index in [0.29, 0.717) is 19.0 Å². The first-order chi connectivity index (χ1) is 15.2. The quantitative estimate of drug-likeness (QED) is 0.342. The number of aliphatic imine (C=N–C) groups is 1. The highest BCUT2D eigenvalue weighted by Crippen LogP contribution is 2.21. The van der Waals surface area contributed by atoms with Crippen LogP contribution in [0.3, 0.4) is 0 Å². The van der Waals surface area contributed by atoms with E-state index >= 15 is 0 Å². The van der Waals surface area contributed by atoms with Crippen molar-refractivity contribution in [2.24, 2.45) is 4.99 Å². The number of benzene rings is 1. The standard InChI is InChI=1S/C23H33FN4O3/c1-18(19-6-7-22(29-2)21(24)17-19)27-23(26-10-8-20-5-3-14-31-20)25-9-4-11-28-12-15-30-16-13-28/h3,5-7,14,17-18H,4,8-13,15-16H2,1-2H3,(H2,25,26,27). The van der Waals surface area contributed by atoms with Gasteiger partial charge in [-0.15, -0.1) is 0 Å². The van der Waals surface area contributed by atoms with E-state index < -0.39 is 0 Å². The van der Waals surface area contributed by atoms with Gasteiger partial charge in [0.25, 0.3) is 0 Å². The van der Waals surface area contributed by atoms with Crippen LogP contribution in [0.2, 0.25) is 0 Å². The molecule has 0 radical (unpaired) electrons. The molecule has 1 saturated heterocycles. The Balaban J connectivity index is 1.55. The molecular formula is C23H33FN4O3. The Morgan fingerprint density at radius 1 is 1.29 bits per heavy atom. The van der Waals surface area contributed by atoms with Crippen LogP contribution in [0.5, 0.6) is 5.75 Å². The molecule has 0 bridgehead atoms. The number of rotatable bonds is 10. The van der Waals surface area contributed by atoms with Crippen molar-refractivity contribution in [2.45, 2.75) is 25.8 Å². The molecular weight excluding hydrogens is 399 g/mol. The maximum Gasteiger partial charge on any atom is 0.191 e. The van der Waals surface area contributed by atoms with Gasteiger partial charge >= 0.3 is 0 Å². The summed E-state index contributed by atoms with van der Waals surface area (Å²) in [6, 6.07) is 8.72. The normalized spacial score (nSPS) is 16.2. The summed E-state index contributed by atoms with van der Waals surface area (Å²) >= 11 is 0. The van der Waals surface area contributed by atoms with Crippen molar-refractivity contribution < 1.29 is 18.3 Å². The lowest BCUT2D eigenvalue weighted by molar-refractivity contribution is 0.0377. The van der Waals surface area contributed by atoms with Gasteiger partial charge in [0.15, 0.2) is 17.5 Å². The van der Waals surface area contributed by atoms with Crippen LogP contribution in [0.25, 0.3) is 0 Å². The highest BCUT2D eigenvalue weighted by molar-refractivity contribution is 5.80. The molecule has 1 atom stereocenters. The molecule has 2 N–H and O–H groups in total. The number of ether oxygens (including phenoxy) is 2. The Bertz CT molecular complexity index is 807. The van der Waals surface area contributed by atoms with Gasteiger partial charge in [-0.05, 0) is 43.2 Å². The van der Waals surface area contributed by atoms with Gasteiger partial charge in [-0.1, -0.05) is 6.07 Å². The molecule has 1 aromatic carbocycles. The SMILES string of the molecule is COc1ccc(C(C)NC(=NCCCN2CCOCC2)NCCc2ccco2)cc1F. The van der Waals surface area contributed by atoms with E-state index in [-0.39, 0.29) is 17.6 Å². The fourth-order valence-corrected chi connectivity index (χ4v) is 3.46. The minimum atomic E-state index is -0.372. The first kappa shape index (κ1) is 23.1. The smallest absolute Gasteiger partial charge is 0.191 e. The summed E-state index contributed by atoms with van der Waals surface area (Å²) in [4.78, 5) is 7.14.